The molecular formula is C11H15NO3. The molecule has 0 saturated carbocycles. The molecule has 82 valence electrons. The normalized spacial score (nSPS) is 9.80. The molecule has 4 heteroatoms. The van der Waals surface area contributed by atoms with E-state index in [0.717, 1.165) is 16.8 Å². The number of carbonyl (C=O) groups excluding carboxylic acids is 1. The molecule has 2 N–H and O–H groups in total. The van der Waals surface area contributed by atoms with Crippen molar-refractivity contribution in [2.45, 2.75) is 13.8 Å². The smallest absolute Gasteiger partial charge is 0.411 e. The minimum atomic E-state index is -0.540. The van der Waals surface area contributed by atoms with Gasteiger partial charge in [0, 0.05) is 5.69 Å². The molecule has 0 atom stereocenters. The van der Waals surface area contributed by atoms with Crippen molar-refractivity contribution in [1.29, 1.82) is 0 Å². The van der Waals surface area contributed by atoms with Crippen LogP contribution in [0, 0.1) is 13.8 Å². The largest absolute Gasteiger partial charge is 0.447 e. The predicted molar refractivity (Wildman–Crippen MR) is 58.0 cm³/mol. The predicted octanol–water partition coefficient (Wildman–Crippen LogP) is 1.84. The third kappa shape index (κ3) is 3.25. The number of amides is 1. The highest BCUT2D eigenvalue weighted by molar-refractivity contribution is 5.86. The van der Waals surface area contributed by atoms with Crippen LogP contribution in [0.4, 0.5) is 10.5 Å². The molecule has 0 saturated heterocycles. The van der Waals surface area contributed by atoms with Crippen LogP contribution in [-0.4, -0.2) is 24.4 Å². The van der Waals surface area contributed by atoms with Crippen molar-refractivity contribution in [2.24, 2.45) is 0 Å². The number of anilines is 1. The number of hydrogen-bond donors (Lipinski definition) is 2. The molecule has 4 nitrogen and oxygen atoms in total. The van der Waals surface area contributed by atoms with E-state index in [9.17, 15) is 4.79 Å². The highest BCUT2D eigenvalue weighted by Gasteiger charge is 2.07. The van der Waals surface area contributed by atoms with Gasteiger partial charge in [-0.05, 0) is 25.0 Å². The number of nitrogens with one attached hydrogen (secondary N) is 1. The highest BCUT2D eigenvalue weighted by atomic mass is 16.6. The van der Waals surface area contributed by atoms with Crippen LogP contribution in [-0.2, 0) is 4.74 Å². The summed E-state index contributed by atoms with van der Waals surface area (Å²) in [6.45, 7) is 3.67. The number of carbonyl (C=O) groups is 1. The molecule has 0 heterocycles. The molecule has 0 bridgehead atoms. The fourth-order valence-electron chi connectivity index (χ4n) is 1.29. The van der Waals surface area contributed by atoms with E-state index in [0.29, 0.717) is 0 Å². The summed E-state index contributed by atoms with van der Waals surface area (Å²) < 4.78 is 4.71. The van der Waals surface area contributed by atoms with Gasteiger partial charge in [0.1, 0.15) is 6.61 Å². The van der Waals surface area contributed by atoms with Gasteiger partial charge in [-0.1, -0.05) is 18.2 Å². The maximum Gasteiger partial charge on any atom is 0.411 e. The summed E-state index contributed by atoms with van der Waals surface area (Å²) in [5, 5.41) is 11.1. The van der Waals surface area contributed by atoms with E-state index >= 15 is 0 Å². The Morgan fingerprint density at radius 2 is 2.00 bits per heavy atom. The molecular weight excluding hydrogens is 194 g/mol. The number of hydrogen-bond acceptors (Lipinski definition) is 3. The van der Waals surface area contributed by atoms with Crippen LogP contribution in [0.5, 0.6) is 0 Å². The minimum Gasteiger partial charge on any atom is -0.447 e. The van der Waals surface area contributed by atoms with Gasteiger partial charge in [-0.2, -0.15) is 0 Å². The van der Waals surface area contributed by atoms with Crippen molar-refractivity contribution in [3.8, 4) is 0 Å². The standard InChI is InChI=1S/C11H15NO3/c1-8-4-3-5-9(2)10(8)12-11(14)15-7-6-13/h3-5,13H,6-7H2,1-2H3,(H,12,14). The molecule has 1 aromatic carbocycles. The van der Waals surface area contributed by atoms with Gasteiger partial charge in [0.25, 0.3) is 0 Å². The van der Waals surface area contributed by atoms with Crippen LogP contribution < -0.4 is 5.32 Å². The van der Waals surface area contributed by atoms with Crippen molar-refractivity contribution >= 4 is 11.8 Å². The van der Waals surface area contributed by atoms with Gasteiger partial charge in [-0.25, -0.2) is 4.79 Å². The number of rotatable bonds is 3. The van der Waals surface area contributed by atoms with Crippen LogP contribution in [0.2, 0.25) is 0 Å². The molecule has 15 heavy (non-hydrogen) atoms. The van der Waals surface area contributed by atoms with Crippen molar-refractivity contribution in [2.75, 3.05) is 18.5 Å². The number of para-hydroxylation sites is 1. The van der Waals surface area contributed by atoms with Gasteiger partial charge in [0.05, 0.1) is 6.61 Å². The summed E-state index contributed by atoms with van der Waals surface area (Å²) in [4.78, 5) is 11.2. The number of benzene rings is 1. The lowest BCUT2D eigenvalue weighted by Gasteiger charge is -2.11. The Balaban J connectivity index is 2.68. The molecule has 0 unspecified atom stereocenters. The van der Waals surface area contributed by atoms with E-state index in [-0.39, 0.29) is 13.2 Å². The Morgan fingerprint density at radius 3 is 2.53 bits per heavy atom. The van der Waals surface area contributed by atoms with Crippen molar-refractivity contribution in [3.05, 3.63) is 29.3 Å². The zero-order chi connectivity index (χ0) is 11.3. The molecule has 0 aliphatic rings. The average molecular weight is 209 g/mol. The van der Waals surface area contributed by atoms with Gasteiger partial charge >= 0.3 is 6.09 Å². The molecule has 1 rings (SSSR count). The van der Waals surface area contributed by atoms with E-state index in [2.05, 4.69) is 5.32 Å². The SMILES string of the molecule is Cc1cccc(C)c1NC(=O)OCCO. The monoisotopic (exact) mass is 209 g/mol. The summed E-state index contributed by atoms with van der Waals surface area (Å²) in [5.74, 6) is 0. The first-order chi connectivity index (χ1) is 7.15. The lowest BCUT2D eigenvalue weighted by atomic mass is 10.1. The van der Waals surface area contributed by atoms with Gasteiger partial charge in [-0.3, -0.25) is 5.32 Å². The summed E-state index contributed by atoms with van der Waals surface area (Å²) >= 11 is 0. The Kier molecular flexibility index (Phi) is 4.12. The van der Waals surface area contributed by atoms with E-state index in [1.54, 1.807) is 0 Å². The second-order valence-corrected chi connectivity index (χ2v) is 3.25. The second-order valence-electron chi connectivity index (χ2n) is 3.25. The quantitative estimate of drug-likeness (QED) is 0.798. The molecule has 1 aromatic rings. The minimum absolute atomic E-state index is 0.0107. The first-order valence-electron chi connectivity index (χ1n) is 4.76. The average Bonchev–Trinajstić information content (AvgIpc) is 2.21. The van der Waals surface area contributed by atoms with Crippen LogP contribution in [0.3, 0.4) is 0 Å². The number of ether oxygens (including phenoxy) is 1. The fraction of sp³-hybridized carbons (Fsp3) is 0.364. The van der Waals surface area contributed by atoms with Crippen molar-refractivity contribution in [1.82, 2.24) is 0 Å². The van der Waals surface area contributed by atoms with Crippen LogP contribution in [0.15, 0.2) is 18.2 Å². The van der Waals surface area contributed by atoms with E-state index in [4.69, 9.17) is 9.84 Å². The van der Waals surface area contributed by atoms with Crippen LogP contribution in [0.1, 0.15) is 11.1 Å². The molecule has 0 radical (unpaired) electrons. The zero-order valence-electron chi connectivity index (χ0n) is 8.91. The van der Waals surface area contributed by atoms with Crippen LogP contribution in [0.25, 0.3) is 0 Å². The van der Waals surface area contributed by atoms with Gasteiger partial charge in [-0.15, -0.1) is 0 Å². The second kappa shape index (κ2) is 5.36. The summed E-state index contributed by atoms with van der Waals surface area (Å²) in [5.41, 5.74) is 2.73. The van der Waals surface area contributed by atoms with Gasteiger partial charge < -0.3 is 9.84 Å². The van der Waals surface area contributed by atoms with E-state index < -0.39 is 6.09 Å². The molecule has 0 aliphatic carbocycles. The fourth-order valence-corrected chi connectivity index (χ4v) is 1.29. The van der Waals surface area contributed by atoms with E-state index in [1.807, 2.05) is 32.0 Å². The molecule has 1 amide bonds. The first-order valence-corrected chi connectivity index (χ1v) is 4.76. The molecule has 0 aliphatic heterocycles. The Hall–Kier alpha value is -1.55. The zero-order valence-corrected chi connectivity index (χ0v) is 8.91. The summed E-state index contributed by atoms with van der Waals surface area (Å²) in [7, 11) is 0. The van der Waals surface area contributed by atoms with Gasteiger partial charge in [0.2, 0.25) is 0 Å². The highest BCUT2D eigenvalue weighted by Crippen LogP contribution is 2.19. The Bertz CT molecular complexity index is 329. The van der Waals surface area contributed by atoms with Gasteiger partial charge in [0.15, 0.2) is 0 Å². The molecule has 0 aromatic heterocycles. The van der Waals surface area contributed by atoms with Crippen molar-refractivity contribution in [3.63, 3.8) is 0 Å². The lowest BCUT2D eigenvalue weighted by Crippen LogP contribution is -2.17. The van der Waals surface area contributed by atoms with E-state index in [1.165, 1.54) is 0 Å². The molecule has 0 spiro atoms. The molecule has 0 fully saturated rings. The third-order valence-electron chi connectivity index (χ3n) is 2.03. The number of aliphatic hydroxyl groups excluding tert-OH is 1. The first kappa shape index (κ1) is 11.5. The summed E-state index contributed by atoms with van der Waals surface area (Å²) in [6.07, 6.45) is -0.540. The Labute approximate surface area is 88.9 Å². The lowest BCUT2D eigenvalue weighted by molar-refractivity contribution is 0.131. The Morgan fingerprint density at radius 1 is 1.40 bits per heavy atom. The van der Waals surface area contributed by atoms with Crippen LogP contribution >= 0.6 is 0 Å². The number of aryl methyl sites for hydroxylation is 2. The third-order valence-corrected chi connectivity index (χ3v) is 2.03. The number of aliphatic hydroxyl groups is 1. The maximum absolute atomic E-state index is 11.2. The summed E-state index contributed by atoms with van der Waals surface area (Å²) in [6, 6.07) is 5.75. The maximum atomic E-state index is 11.2. The topological polar surface area (TPSA) is 58.6 Å². The van der Waals surface area contributed by atoms with Crippen molar-refractivity contribution < 1.29 is 14.6 Å².